The maximum atomic E-state index is 12.2. The molecule has 1 aromatic rings. The van der Waals surface area contributed by atoms with E-state index in [4.69, 9.17) is 9.47 Å². The van der Waals surface area contributed by atoms with Gasteiger partial charge in [-0.15, -0.1) is 0 Å². The maximum Gasteiger partial charge on any atom is 0.509 e. The Hall–Kier alpha value is -2.10. The fraction of sp³-hybridized carbons (Fsp3) is 0.655. The van der Waals surface area contributed by atoms with Gasteiger partial charge in [0, 0.05) is 18.8 Å². The highest BCUT2D eigenvalue weighted by Crippen LogP contribution is 2.66. The van der Waals surface area contributed by atoms with Crippen LogP contribution in [0.1, 0.15) is 85.1 Å². The predicted molar refractivity (Wildman–Crippen MR) is 130 cm³/mol. The molecular weight excluding hydrogens is 410 g/mol. The van der Waals surface area contributed by atoms with Crippen molar-refractivity contribution in [3.8, 4) is 0 Å². The average Bonchev–Trinajstić information content (AvgIpc) is 3.10. The van der Waals surface area contributed by atoms with Gasteiger partial charge < -0.3 is 9.47 Å². The Kier molecular flexibility index (Phi) is 5.49. The Bertz CT molecular complexity index is 974. The predicted octanol–water partition coefficient (Wildman–Crippen LogP) is 7.36. The van der Waals surface area contributed by atoms with E-state index in [1.165, 1.54) is 36.0 Å². The molecule has 4 nitrogen and oxygen atoms in total. The number of nitrogens with zero attached hydrogens (tertiary/aromatic N) is 1. The van der Waals surface area contributed by atoms with Crippen LogP contribution in [0.25, 0.3) is 5.57 Å². The fourth-order valence-electron chi connectivity index (χ4n) is 7.68. The molecule has 0 aromatic carbocycles. The lowest BCUT2D eigenvalue weighted by atomic mass is 9.47. The molecule has 5 rings (SSSR count). The van der Waals surface area contributed by atoms with Crippen LogP contribution in [-0.2, 0) is 9.47 Å². The molecule has 6 unspecified atom stereocenters. The lowest BCUT2D eigenvalue weighted by molar-refractivity contribution is -0.0522. The molecular formula is C29H39NO3. The van der Waals surface area contributed by atoms with Crippen molar-refractivity contribution >= 4 is 11.7 Å². The van der Waals surface area contributed by atoms with Gasteiger partial charge in [-0.1, -0.05) is 37.6 Å². The van der Waals surface area contributed by atoms with Gasteiger partial charge in [0.05, 0.1) is 0 Å². The smallest absolute Gasteiger partial charge is 0.431 e. The summed E-state index contributed by atoms with van der Waals surface area (Å²) in [7, 11) is 0. The second-order valence-corrected chi connectivity index (χ2v) is 12.3. The first-order valence-corrected chi connectivity index (χ1v) is 12.8. The van der Waals surface area contributed by atoms with Crippen LogP contribution < -0.4 is 0 Å². The van der Waals surface area contributed by atoms with E-state index in [0.29, 0.717) is 5.92 Å². The molecule has 0 spiro atoms. The monoisotopic (exact) mass is 449 g/mol. The summed E-state index contributed by atoms with van der Waals surface area (Å²) in [6.45, 7) is 10.6. The van der Waals surface area contributed by atoms with Crippen LogP contribution in [0.5, 0.6) is 0 Å². The molecule has 0 saturated heterocycles. The summed E-state index contributed by atoms with van der Waals surface area (Å²) in [4.78, 5) is 16.6. The van der Waals surface area contributed by atoms with Crippen molar-refractivity contribution in [2.75, 3.05) is 0 Å². The van der Waals surface area contributed by atoms with Crippen molar-refractivity contribution in [2.24, 2.45) is 28.6 Å². The molecule has 1 aromatic heterocycles. The fourth-order valence-corrected chi connectivity index (χ4v) is 7.68. The second-order valence-electron chi connectivity index (χ2n) is 12.3. The summed E-state index contributed by atoms with van der Waals surface area (Å²) < 4.78 is 11.1. The highest BCUT2D eigenvalue weighted by atomic mass is 16.7. The van der Waals surface area contributed by atoms with E-state index in [-0.39, 0.29) is 16.9 Å². The van der Waals surface area contributed by atoms with Crippen LogP contribution in [0.2, 0.25) is 0 Å². The van der Waals surface area contributed by atoms with E-state index in [2.05, 4.69) is 43.1 Å². The lowest BCUT2D eigenvalue weighted by Gasteiger charge is -2.57. The first kappa shape index (κ1) is 22.7. The van der Waals surface area contributed by atoms with Gasteiger partial charge in [0.1, 0.15) is 11.7 Å². The molecule has 2 fully saturated rings. The number of rotatable bonds is 2. The zero-order valence-corrected chi connectivity index (χ0v) is 20.9. The average molecular weight is 450 g/mol. The van der Waals surface area contributed by atoms with Crippen LogP contribution in [0.15, 0.2) is 42.3 Å². The number of hydrogen-bond acceptors (Lipinski definition) is 4. The van der Waals surface area contributed by atoms with Crippen molar-refractivity contribution < 1.29 is 14.3 Å². The quantitative estimate of drug-likeness (QED) is 0.350. The Balaban J connectivity index is 1.32. The molecule has 4 aliphatic rings. The third-order valence-corrected chi connectivity index (χ3v) is 9.26. The van der Waals surface area contributed by atoms with Gasteiger partial charge in [-0.3, -0.25) is 4.98 Å². The topological polar surface area (TPSA) is 48.4 Å². The summed E-state index contributed by atoms with van der Waals surface area (Å²) in [5.41, 5.74) is 4.31. The van der Waals surface area contributed by atoms with E-state index in [9.17, 15) is 4.79 Å². The summed E-state index contributed by atoms with van der Waals surface area (Å²) >= 11 is 0. The molecule has 0 aliphatic heterocycles. The molecule has 178 valence electrons. The molecule has 0 N–H and O–H groups in total. The minimum absolute atomic E-state index is 0.0603. The molecule has 0 radical (unpaired) electrons. The molecule has 0 bridgehead atoms. The number of aromatic nitrogens is 1. The lowest BCUT2D eigenvalue weighted by Crippen LogP contribution is -2.50. The molecule has 0 amide bonds. The molecule has 1 heterocycles. The zero-order valence-electron chi connectivity index (χ0n) is 20.9. The summed E-state index contributed by atoms with van der Waals surface area (Å²) in [5, 5.41) is 0. The number of carbonyl (C=O) groups excluding carboxylic acids is 1. The van der Waals surface area contributed by atoms with E-state index >= 15 is 0 Å². The Morgan fingerprint density at radius 1 is 1.06 bits per heavy atom. The largest absolute Gasteiger partial charge is 0.509 e. The van der Waals surface area contributed by atoms with Crippen LogP contribution in [-0.4, -0.2) is 22.8 Å². The SMILES string of the molecule is CC(C)(C)OC(=O)OC1CCC2(C)C(=CCC3C2CCC2(C)C(c4cccnc4)=CCC32)C1. The van der Waals surface area contributed by atoms with Gasteiger partial charge in [-0.2, -0.15) is 0 Å². The van der Waals surface area contributed by atoms with Gasteiger partial charge in [-0.25, -0.2) is 4.79 Å². The number of fused-ring (bicyclic) bond motifs is 5. The Morgan fingerprint density at radius 3 is 2.58 bits per heavy atom. The van der Waals surface area contributed by atoms with E-state index < -0.39 is 11.8 Å². The van der Waals surface area contributed by atoms with Crippen molar-refractivity contribution in [1.29, 1.82) is 0 Å². The van der Waals surface area contributed by atoms with Gasteiger partial charge >= 0.3 is 6.16 Å². The second kappa shape index (κ2) is 7.99. The van der Waals surface area contributed by atoms with Crippen LogP contribution >= 0.6 is 0 Å². The number of allylic oxidation sites excluding steroid dienone is 3. The zero-order chi connectivity index (χ0) is 23.4. The van der Waals surface area contributed by atoms with E-state index in [0.717, 1.165) is 37.5 Å². The van der Waals surface area contributed by atoms with Crippen molar-refractivity contribution in [1.82, 2.24) is 4.98 Å². The van der Waals surface area contributed by atoms with Crippen molar-refractivity contribution in [2.45, 2.75) is 91.3 Å². The van der Waals surface area contributed by atoms with E-state index in [1.54, 1.807) is 0 Å². The van der Waals surface area contributed by atoms with E-state index in [1.807, 2.05) is 33.2 Å². The maximum absolute atomic E-state index is 12.2. The molecule has 2 saturated carbocycles. The normalized spacial score (nSPS) is 37.7. The van der Waals surface area contributed by atoms with Gasteiger partial charge in [0.15, 0.2) is 0 Å². The van der Waals surface area contributed by atoms with Crippen LogP contribution in [0.3, 0.4) is 0 Å². The summed E-state index contributed by atoms with van der Waals surface area (Å²) in [6.07, 6.45) is 16.1. The minimum atomic E-state index is -0.529. The number of pyridine rings is 1. The number of carbonyl (C=O) groups is 1. The third kappa shape index (κ3) is 3.94. The third-order valence-electron chi connectivity index (χ3n) is 9.26. The Labute approximate surface area is 198 Å². The first-order valence-electron chi connectivity index (χ1n) is 12.8. The summed E-state index contributed by atoms with van der Waals surface area (Å²) in [6, 6.07) is 4.29. The summed E-state index contributed by atoms with van der Waals surface area (Å²) in [5.74, 6) is 2.16. The molecule has 6 atom stereocenters. The van der Waals surface area contributed by atoms with Crippen LogP contribution in [0, 0.1) is 28.6 Å². The number of hydrogen-bond donors (Lipinski definition) is 0. The number of ether oxygens (including phenoxy) is 2. The van der Waals surface area contributed by atoms with Gasteiger partial charge in [-0.05, 0) is 105 Å². The highest BCUT2D eigenvalue weighted by Gasteiger charge is 2.57. The highest BCUT2D eigenvalue weighted by molar-refractivity contribution is 5.72. The standard InChI is InChI=1S/C29H39NO3/c1-27(2,3)33-26(31)32-21-12-14-28(4)20(17-21)8-9-22-24-11-10-23(19-7-6-16-30-18-19)29(24,5)15-13-25(22)28/h6-8,10,16,18,21-22,24-25H,9,11-15,17H2,1-5H3. The van der Waals surface area contributed by atoms with Gasteiger partial charge in [0.25, 0.3) is 0 Å². The van der Waals surface area contributed by atoms with Gasteiger partial charge in [0.2, 0.25) is 0 Å². The molecule has 4 aliphatic carbocycles. The van der Waals surface area contributed by atoms with Crippen molar-refractivity contribution in [3.05, 3.63) is 47.8 Å². The first-order chi connectivity index (χ1) is 15.6. The molecule has 33 heavy (non-hydrogen) atoms. The van der Waals surface area contributed by atoms with Crippen molar-refractivity contribution in [3.63, 3.8) is 0 Å². The minimum Gasteiger partial charge on any atom is -0.431 e. The Morgan fingerprint density at radius 2 is 1.85 bits per heavy atom. The van der Waals surface area contributed by atoms with Crippen LogP contribution in [0.4, 0.5) is 4.79 Å². The molecule has 4 heteroatoms.